The van der Waals surface area contributed by atoms with Gasteiger partial charge in [0.25, 0.3) is 0 Å². The first-order chi connectivity index (χ1) is 9.74. The maximum absolute atomic E-state index is 10.7. The summed E-state index contributed by atoms with van der Waals surface area (Å²) in [6.45, 7) is 10.6. The van der Waals surface area contributed by atoms with Gasteiger partial charge >= 0.3 is 0 Å². The molecule has 0 aliphatic rings. The Kier molecular flexibility index (Phi) is 4.45. The van der Waals surface area contributed by atoms with Crippen LogP contribution in [0.1, 0.15) is 53.3 Å². The highest BCUT2D eigenvalue weighted by Crippen LogP contribution is 2.36. The molecular weight excluding hydrogens is 280 g/mol. The Balaban J connectivity index is 2.38. The molecule has 0 fully saturated rings. The molecule has 21 heavy (non-hydrogen) atoms. The summed E-state index contributed by atoms with van der Waals surface area (Å²) in [4.78, 5) is 2.28. The van der Waals surface area contributed by atoms with Crippen LogP contribution in [0.15, 0.2) is 24.3 Å². The fourth-order valence-electron chi connectivity index (χ4n) is 2.38. The van der Waals surface area contributed by atoms with Crippen LogP contribution in [0.25, 0.3) is 0 Å². The van der Waals surface area contributed by atoms with Gasteiger partial charge in [0.1, 0.15) is 11.9 Å². The van der Waals surface area contributed by atoms with Gasteiger partial charge in [-0.3, -0.25) is 0 Å². The second-order valence-electron chi connectivity index (χ2n) is 6.53. The molecular formula is C18H24O2S. The molecule has 3 heteroatoms. The Morgan fingerprint density at radius 1 is 1.10 bits per heavy atom. The van der Waals surface area contributed by atoms with Crippen LogP contribution < -0.4 is 4.74 Å². The third kappa shape index (κ3) is 3.30. The zero-order valence-electron chi connectivity index (χ0n) is 13.7. The fraction of sp³-hybridized carbons (Fsp3) is 0.444. The van der Waals surface area contributed by atoms with Crippen LogP contribution in [-0.4, -0.2) is 12.2 Å². The molecule has 2 aromatic rings. The maximum atomic E-state index is 10.7. The van der Waals surface area contributed by atoms with Crippen molar-refractivity contribution in [3.63, 3.8) is 0 Å². The summed E-state index contributed by atoms with van der Waals surface area (Å²) in [6, 6.07) is 8.17. The molecule has 1 N–H and O–H groups in total. The first kappa shape index (κ1) is 16.1. The summed E-state index contributed by atoms with van der Waals surface area (Å²) < 4.78 is 5.34. The van der Waals surface area contributed by atoms with Crippen molar-refractivity contribution in [1.29, 1.82) is 0 Å². The van der Waals surface area contributed by atoms with E-state index in [1.54, 1.807) is 18.4 Å². The molecule has 0 spiro atoms. The first-order valence-electron chi connectivity index (χ1n) is 7.17. The normalized spacial score (nSPS) is 13.3. The lowest BCUT2D eigenvalue weighted by molar-refractivity contribution is 0.223. The van der Waals surface area contributed by atoms with Gasteiger partial charge in [-0.05, 0) is 60.2 Å². The van der Waals surface area contributed by atoms with Crippen molar-refractivity contribution >= 4 is 11.3 Å². The number of aliphatic hydroxyl groups excluding tert-OH is 1. The number of aryl methyl sites for hydroxylation is 2. The van der Waals surface area contributed by atoms with Crippen molar-refractivity contribution in [2.24, 2.45) is 0 Å². The van der Waals surface area contributed by atoms with E-state index in [2.05, 4.69) is 26.8 Å². The molecule has 0 aliphatic heterocycles. The quantitative estimate of drug-likeness (QED) is 0.886. The second-order valence-corrected chi connectivity index (χ2v) is 7.65. The highest BCUT2D eigenvalue weighted by Gasteiger charge is 2.21. The van der Waals surface area contributed by atoms with Crippen molar-refractivity contribution < 1.29 is 9.84 Å². The molecule has 1 heterocycles. The summed E-state index contributed by atoms with van der Waals surface area (Å²) in [5.41, 5.74) is 3.17. The van der Waals surface area contributed by atoms with Gasteiger partial charge in [0, 0.05) is 9.75 Å². The highest BCUT2D eigenvalue weighted by atomic mass is 32.1. The van der Waals surface area contributed by atoms with Gasteiger partial charge in [-0.1, -0.05) is 20.8 Å². The highest BCUT2D eigenvalue weighted by molar-refractivity contribution is 7.12. The van der Waals surface area contributed by atoms with Crippen LogP contribution in [0, 0.1) is 13.8 Å². The molecule has 114 valence electrons. The molecule has 2 nitrogen and oxygen atoms in total. The molecule has 1 aromatic heterocycles. The van der Waals surface area contributed by atoms with E-state index in [0.29, 0.717) is 0 Å². The Bertz CT molecular complexity index is 635. The minimum atomic E-state index is -0.573. The van der Waals surface area contributed by atoms with E-state index in [4.69, 9.17) is 4.74 Å². The van der Waals surface area contributed by atoms with E-state index in [1.807, 2.05) is 32.0 Å². The molecule has 0 bridgehead atoms. The van der Waals surface area contributed by atoms with E-state index in [1.165, 1.54) is 4.88 Å². The largest absolute Gasteiger partial charge is 0.496 e. The number of hydrogen-bond acceptors (Lipinski definition) is 3. The maximum Gasteiger partial charge on any atom is 0.122 e. The Morgan fingerprint density at radius 3 is 2.29 bits per heavy atom. The average molecular weight is 304 g/mol. The van der Waals surface area contributed by atoms with Gasteiger partial charge in [0.2, 0.25) is 0 Å². The Hall–Kier alpha value is -1.32. The number of thiophene rings is 1. The van der Waals surface area contributed by atoms with E-state index in [0.717, 1.165) is 27.3 Å². The van der Waals surface area contributed by atoms with Crippen molar-refractivity contribution in [2.45, 2.75) is 46.1 Å². The summed E-state index contributed by atoms with van der Waals surface area (Å²) in [6.07, 6.45) is -0.573. The zero-order valence-corrected chi connectivity index (χ0v) is 14.5. The monoisotopic (exact) mass is 304 g/mol. The molecule has 2 rings (SSSR count). The molecule has 0 saturated heterocycles. The van der Waals surface area contributed by atoms with Gasteiger partial charge in [-0.25, -0.2) is 0 Å². The predicted molar refractivity (Wildman–Crippen MR) is 89.5 cm³/mol. The van der Waals surface area contributed by atoms with Gasteiger partial charge in [0.15, 0.2) is 0 Å². The van der Waals surface area contributed by atoms with E-state index in [-0.39, 0.29) is 5.41 Å². The van der Waals surface area contributed by atoms with E-state index in [9.17, 15) is 5.11 Å². The molecule has 1 unspecified atom stereocenters. The average Bonchev–Trinajstić information content (AvgIpc) is 2.89. The summed E-state index contributed by atoms with van der Waals surface area (Å²) in [5.74, 6) is 0.866. The zero-order chi connectivity index (χ0) is 15.8. The van der Waals surface area contributed by atoms with Crippen LogP contribution in [0.2, 0.25) is 0 Å². The number of benzene rings is 1. The number of ether oxygens (including phenoxy) is 1. The lowest BCUT2D eigenvalue weighted by atomic mass is 9.95. The van der Waals surface area contributed by atoms with Crippen molar-refractivity contribution in [2.75, 3.05) is 7.11 Å². The van der Waals surface area contributed by atoms with Gasteiger partial charge in [-0.15, -0.1) is 11.3 Å². The minimum absolute atomic E-state index is 0.119. The van der Waals surface area contributed by atoms with Crippen LogP contribution in [-0.2, 0) is 5.41 Å². The van der Waals surface area contributed by atoms with Crippen LogP contribution in [0.4, 0.5) is 0 Å². The van der Waals surface area contributed by atoms with Crippen molar-refractivity contribution in [3.05, 3.63) is 50.7 Å². The van der Waals surface area contributed by atoms with Crippen molar-refractivity contribution in [1.82, 2.24) is 0 Å². The van der Waals surface area contributed by atoms with Gasteiger partial charge in [0.05, 0.1) is 7.11 Å². The SMILES string of the molecule is COc1cc(C)c(C(O)c2ccc(C(C)(C)C)s2)cc1C. The van der Waals surface area contributed by atoms with E-state index < -0.39 is 6.10 Å². The van der Waals surface area contributed by atoms with Crippen LogP contribution >= 0.6 is 11.3 Å². The Labute approximate surface area is 131 Å². The van der Waals surface area contributed by atoms with Gasteiger partial charge < -0.3 is 9.84 Å². The summed E-state index contributed by atoms with van der Waals surface area (Å²) >= 11 is 1.69. The lowest BCUT2D eigenvalue weighted by Crippen LogP contribution is -2.08. The lowest BCUT2D eigenvalue weighted by Gasteiger charge is -2.17. The topological polar surface area (TPSA) is 29.5 Å². The summed E-state index contributed by atoms with van der Waals surface area (Å²) in [7, 11) is 1.67. The molecule has 1 aromatic carbocycles. The number of methoxy groups -OCH3 is 1. The van der Waals surface area contributed by atoms with Gasteiger partial charge in [-0.2, -0.15) is 0 Å². The van der Waals surface area contributed by atoms with Crippen molar-refractivity contribution in [3.8, 4) is 5.75 Å². The Morgan fingerprint density at radius 2 is 1.76 bits per heavy atom. The summed E-state index contributed by atoms with van der Waals surface area (Å²) in [5, 5.41) is 10.7. The minimum Gasteiger partial charge on any atom is -0.496 e. The molecule has 0 amide bonds. The van der Waals surface area contributed by atoms with E-state index >= 15 is 0 Å². The second kappa shape index (κ2) is 5.82. The fourth-order valence-corrected chi connectivity index (χ4v) is 3.45. The standard InChI is InChI=1S/C18H24O2S/c1-11-10-14(20-6)12(2)9-13(11)17(19)15-7-8-16(21-15)18(3,4)5/h7-10,17,19H,1-6H3. The smallest absolute Gasteiger partial charge is 0.122 e. The third-order valence-corrected chi connectivity index (χ3v) is 5.28. The molecule has 1 atom stereocenters. The van der Waals surface area contributed by atoms with Crippen LogP contribution in [0.3, 0.4) is 0 Å². The number of aliphatic hydroxyl groups is 1. The molecule has 0 aliphatic carbocycles. The third-order valence-electron chi connectivity index (χ3n) is 3.71. The molecule has 0 radical (unpaired) electrons. The first-order valence-corrected chi connectivity index (χ1v) is 7.99. The number of rotatable bonds is 3. The molecule has 0 saturated carbocycles. The predicted octanol–water partition coefficient (Wildman–Crippen LogP) is 4.75. The number of hydrogen-bond donors (Lipinski definition) is 1. The van der Waals surface area contributed by atoms with Crippen LogP contribution in [0.5, 0.6) is 5.75 Å².